The third-order valence-electron chi connectivity index (χ3n) is 4.13. The molecule has 7 heteroatoms. The molecule has 3 rings (SSSR count). The number of benzene rings is 2. The van der Waals surface area contributed by atoms with Gasteiger partial charge in [-0.15, -0.1) is 0 Å². The lowest BCUT2D eigenvalue weighted by molar-refractivity contribution is -0.115. The molecule has 1 N–H and O–H groups in total. The van der Waals surface area contributed by atoms with Crippen LogP contribution in [0.4, 0.5) is 10.2 Å². The number of carbonyl (C=O) groups is 1. The average molecular weight is 418 g/mol. The highest BCUT2D eigenvalue weighted by atomic mass is 79.9. The second-order valence-electron chi connectivity index (χ2n) is 5.89. The number of anilines is 1. The Bertz CT molecular complexity index is 1030. The normalized spacial score (nSPS) is 10.8. The van der Waals surface area contributed by atoms with Gasteiger partial charge in [-0.1, -0.05) is 30.3 Å². The lowest BCUT2D eigenvalue weighted by Gasteiger charge is -2.11. The number of hydrogen-bond acceptors (Lipinski definition) is 2. The second kappa shape index (κ2) is 7.29. The fourth-order valence-corrected chi connectivity index (χ4v) is 3.21. The molecule has 2 aromatic carbocycles. The minimum atomic E-state index is -0.463. The van der Waals surface area contributed by atoms with Gasteiger partial charge in [0.15, 0.2) is 0 Å². The number of aromatic nitrogens is 2. The van der Waals surface area contributed by atoms with E-state index in [2.05, 4.69) is 21.2 Å². The molecule has 1 heterocycles. The van der Waals surface area contributed by atoms with E-state index in [-0.39, 0.29) is 17.5 Å². The number of halogens is 2. The molecule has 0 aliphatic heterocycles. The van der Waals surface area contributed by atoms with Crippen molar-refractivity contribution in [1.29, 1.82) is 0 Å². The van der Waals surface area contributed by atoms with Crippen LogP contribution in [0.2, 0.25) is 0 Å². The number of hydrogen-bond donors (Lipinski definition) is 1. The summed E-state index contributed by atoms with van der Waals surface area (Å²) in [5, 5.41) is 2.73. The molecule has 134 valence electrons. The lowest BCUT2D eigenvalue weighted by atomic mass is 10.1. The van der Waals surface area contributed by atoms with Gasteiger partial charge in [-0.2, -0.15) is 0 Å². The zero-order valence-corrected chi connectivity index (χ0v) is 15.9. The molecule has 0 atom stereocenters. The summed E-state index contributed by atoms with van der Waals surface area (Å²) < 4.78 is 17.4. The minimum absolute atomic E-state index is 0.130. The molecule has 3 aromatic rings. The van der Waals surface area contributed by atoms with E-state index >= 15 is 0 Å². The highest BCUT2D eigenvalue weighted by Gasteiger charge is 2.18. The highest BCUT2D eigenvalue weighted by Crippen LogP contribution is 2.20. The Morgan fingerprint density at radius 1 is 1.15 bits per heavy atom. The van der Waals surface area contributed by atoms with E-state index in [4.69, 9.17) is 0 Å². The maximum atomic E-state index is 14.1. The van der Waals surface area contributed by atoms with Crippen LogP contribution in [0.1, 0.15) is 11.1 Å². The van der Waals surface area contributed by atoms with Crippen LogP contribution in [0, 0.1) is 12.7 Å². The van der Waals surface area contributed by atoms with Crippen molar-refractivity contribution in [1.82, 2.24) is 9.36 Å². The van der Waals surface area contributed by atoms with Gasteiger partial charge in [0.25, 0.3) is 5.56 Å². The number of nitrogens with zero attached hydrogens (tertiary/aromatic N) is 2. The predicted molar refractivity (Wildman–Crippen MR) is 102 cm³/mol. The van der Waals surface area contributed by atoms with Gasteiger partial charge in [0.05, 0.1) is 22.1 Å². The zero-order chi connectivity index (χ0) is 18.8. The third kappa shape index (κ3) is 3.35. The Morgan fingerprint density at radius 3 is 2.54 bits per heavy atom. The van der Waals surface area contributed by atoms with Crippen molar-refractivity contribution >= 4 is 27.7 Å². The first-order chi connectivity index (χ1) is 12.4. The molecule has 0 spiro atoms. The Kier molecular flexibility index (Phi) is 5.08. The van der Waals surface area contributed by atoms with Gasteiger partial charge in [0.2, 0.25) is 5.91 Å². The third-order valence-corrected chi connectivity index (χ3v) is 4.75. The van der Waals surface area contributed by atoms with Gasteiger partial charge >= 0.3 is 0 Å². The summed E-state index contributed by atoms with van der Waals surface area (Å²) in [4.78, 5) is 25.0. The first kappa shape index (κ1) is 18.1. The molecular weight excluding hydrogens is 401 g/mol. The molecule has 5 nitrogen and oxygen atoms in total. The number of nitrogens with one attached hydrogen (secondary N) is 1. The molecule has 0 aliphatic carbocycles. The number of rotatable bonds is 4. The summed E-state index contributed by atoms with van der Waals surface area (Å²) in [5.41, 5.74) is 1.17. The Morgan fingerprint density at radius 2 is 1.85 bits per heavy atom. The summed E-state index contributed by atoms with van der Waals surface area (Å²) in [6.07, 6.45) is -0.130. The SMILES string of the molecule is Cc1c(NC(=O)Cc2cccc(Br)c2F)n(C)n(-c2ccccc2)c1=O. The summed E-state index contributed by atoms with van der Waals surface area (Å²) in [7, 11) is 1.69. The topological polar surface area (TPSA) is 56.0 Å². The van der Waals surface area contributed by atoms with E-state index in [9.17, 15) is 14.0 Å². The van der Waals surface area contributed by atoms with Gasteiger partial charge in [-0.05, 0) is 46.6 Å². The van der Waals surface area contributed by atoms with E-state index in [1.807, 2.05) is 30.3 Å². The molecule has 0 bridgehead atoms. The largest absolute Gasteiger partial charge is 0.310 e. The quantitative estimate of drug-likeness (QED) is 0.705. The number of carbonyl (C=O) groups excluding carboxylic acids is 1. The van der Waals surface area contributed by atoms with E-state index in [1.165, 1.54) is 4.68 Å². The molecule has 0 saturated carbocycles. The standard InChI is InChI=1S/C19H17BrFN3O2/c1-12-18(22-16(25)11-13-7-6-10-15(20)17(13)21)23(2)24(19(12)26)14-8-4-3-5-9-14/h3-10H,11H2,1-2H3,(H,22,25). The van der Waals surface area contributed by atoms with Gasteiger partial charge in [0.1, 0.15) is 11.6 Å². The van der Waals surface area contributed by atoms with Crippen molar-refractivity contribution in [2.24, 2.45) is 7.05 Å². The Hall–Kier alpha value is -2.67. The summed E-state index contributed by atoms with van der Waals surface area (Å²) in [5.74, 6) is -0.472. The predicted octanol–water partition coefficient (Wildman–Crippen LogP) is 3.57. The minimum Gasteiger partial charge on any atom is -0.310 e. The fraction of sp³-hybridized carbons (Fsp3) is 0.158. The molecule has 1 aromatic heterocycles. The van der Waals surface area contributed by atoms with Gasteiger partial charge in [0, 0.05) is 7.05 Å². The molecule has 0 aliphatic rings. The van der Waals surface area contributed by atoms with Crippen LogP contribution in [0.25, 0.3) is 5.69 Å². The molecule has 0 saturated heterocycles. The lowest BCUT2D eigenvalue weighted by Crippen LogP contribution is -2.21. The van der Waals surface area contributed by atoms with Crippen LogP contribution in [0.3, 0.4) is 0 Å². The van der Waals surface area contributed by atoms with Crippen molar-refractivity contribution in [2.75, 3.05) is 5.32 Å². The van der Waals surface area contributed by atoms with Gasteiger partial charge in [-0.3, -0.25) is 14.3 Å². The fourth-order valence-electron chi connectivity index (χ4n) is 2.81. The monoisotopic (exact) mass is 417 g/mol. The van der Waals surface area contributed by atoms with Crippen molar-refractivity contribution in [2.45, 2.75) is 13.3 Å². The molecule has 0 fully saturated rings. The molecule has 0 unspecified atom stereocenters. The maximum absolute atomic E-state index is 14.1. The molecule has 26 heavy (non-hydrogen) atoms. The Balaban J connectivity index is 1.90. The first-order valence-corrected chi connectivity index (χ1v) is 8.76. The van der Waals surface area contributed by atoms with Crippen LogP contribution >= 0.6 is 15.9 Å². The van der Waals surface area contributed by atoms with Crippen LogP contribution in [0.5, 0.6) is 0 Å². The highest BCUT2D eigenvalue weighted by molar-refractivity contribution is 9.10. The number of para-hydroxylation sites is 1. The van der Waals surface area contributed by atoms with Gasteiger partial charge in [-0.25, -0.2) is 9.07 Å². The summed E-state index contributed by atoms with van der Waals surface area (Å²) in [6, 6.07) is 13.9. The van der Waals surface area contributed by atoms with Crippen molar-refractivity contribution in [3.63, 3.8) is 0 Å². The van der Waals surface area contributed by atoms with Crippen LogP contribution < -0.4 is 10.9 Å². The van der Waals surface area contributed by atoms with Crippen molar-refractivity contribution in [3.05, 3.63) is 80.3 Å². The summed E-state index contributed by atoms with van der Waals surface area (Å²) >= 11 is 3.11. The molecule has 1 amide bonds. The van der Waals surface area contributed by atoms with Crippen LogP contribution in [-0.2, 0) is 18.3 Å². The van der Waals surface area contributed by atoms with E-state index < -0.39 is 11.7 Å². The van der Waals surface area contributed by atoms with E-state index in [0.717, 1.165) is 0 Å². The molecular formula is C19H17BrFN3O2. The number of amides is 1. The first-order valence-electron chi connectivity index (χ1n) is 7.97. The van der Waals surface area contributed by atoms with Crippen molar-refractivity contribution in [3.8, 4) is 5.69 Å². The maximum Gasteiger partial charge on any atom is 0.276 e. The smallest absolute Gasteiger partial charge is 0.276 e. The summed E-state index contributed by atoms with van der Waals surface area (Å²) in [6.45, 7) is 1.65. The van der Waals surface area contributed by atoms with E-state index in [1.54, 1.807) is 36.9 Å². The average Bonchev–Trinajstić information content (AvgIpc) is 2.83. The molecule has 0 radical (unpaired) electrons. The zero-order valence-electron chi connectivity index (χ0n) is 14.3. The van der Waals surface area contributed by atoms with E-state index in [0.29, 0.717) is 21.5 Å². The van der Waals surface area contributed by atoms with Gasteiger partial charge < -0.3 is 5.32 Å². The van der Waals surface area contributed by atoms with Crippen LogP contribution in [0.15, 0.2) is 57.8 Å². The van der Waals surface area contributed by atoms with Crippen molar-refractivity contribution < 1.29 is 9.18 Å². The Labute approximate surface area is 158 Å². The second-order valence-corrected chi connectivity index (χ2v) is 6.74. The van der Waals surface area contributed by atoms with Crippen LogP contribution in [-0.4, -0.2) is 15.3 Å².